The number of ketones is 1. The highest BCUT2D eigenvalue weighted by molar-refractivity contribution is 6.03. The number of pyridine rings is 1. The van der Waals surface area contributed by atoms with E-state index in [0.29, 0.717) is 6.42 Å². The van der Waals surface area contributed by atoms with Gasteiger partial charge in [0.05, 0.1) is 4.92 Å². The Kier molecular flexibility index (Phi) is 2.70. The summed E-state index contributed by atoms with van der Waals surface area (Å²) in [5, 5.41) is 29.2. The molecule has 1 aromatic heterocycles. The quantitative estimate of drug-likeness (QED) is 0.590. The number of aromatic carboxylic acids is 1. The maximum atomic E-state index is 11.6. The number of rotatable bonds is 2. The minimum absolute atomic E-state index is 0.0308. The van der Waals surface area contributed by atoms with Crippen molar-refractivity contribution in [3.05, 3.63) is 26.9 Å². The molecule has 2 N–H and O–H groups in total. The maximum absolute atomic E-state index is 11.6. The van der Waals surface area contributed by atoms with Gasteiger partial charge in [0.1, 0.15) is 11.3 Å². The Morgan fingerprint density at radius 3 is 2.61 bits per heavy atom. The average molecular weight is 252 g/mol. The average Bonchev–Trinajstić information content (AvgIpc) is 2.28. The summed E-state index contributed by atoms with van der Waals surface area (Å²) in [6.07, 6.45) is 0.822. The van der Waals surface area contributed by atoms with Crippen LogP contribution in [0, 0.1) is 10.1 Å². The molecular weight excluding hydrogens is 244 g/mol. The predicted octanol–water partition coefficient (Wildman–Crippen LogP) is 0.913. The van der Waals surface area contributed by atoms with Gasteiger partial charge in [-0.3, -0.25) is 14.9 Å². The van der Waals surface area contributed by atoms with Crippen LogP contribution in [0.15, 0.2) is 0 Å². The van der Waals surface area contributed by atoms with Crippen molar-refractivity contribution >= 4 is 17.4 Å². The Balaban J connectivity index is 2.83. The minimum Gasteiger partial charge on any atom is -0.488 e. The van der Waals surface area contributed by atoms with Gasteiger partial charge in [0, 0.05) is 12.0 Å². The molecule has 1 heterocycles. The molecule has 0 radical (unpaired) electrons. The van der Waals surface area contributed by atoms with Crippen molar-refractivity contribution in [2.75, 3.05) is 0 Å². The Morgan fingerprint density at radius 1 is 1.39 bits per heavy atom. The number of aromatic hydroxyl groups is 1. The second-order valence-corrected chi connectivity index (χ2v) is 3.83. The van der Waals surface area contributed by atoms with Gasteiger partial charge in [0.15, 0.2) is 5.78 Å². The summed E-state index contributed by atoms with van der Waals surface area (Å²) in [7, 11) is 0. The van der Waals surface area contributed by atoms with Gasteiger partial charge in [-0.1, -0.05) is 0 Å². The third kappa shape index (κ3) is 1.67. The number of nitrogens with zero attached hydrogens (tertiary/aromatic N) is 2. The molecule has 1 aromatic rings. The van der Waals surface area contributed by atoms with E-state index in [0.717, 1.165) is 0 Å². The number of hydrogen-bond acceptors (Lipinski definition) is 6. The molecule has 18 heavy (non-hydrogen) atoms. The molecule has 0 spiro atoms. The van der Waals surface area contributed by atoms with Crippen LogP contribution in [-0.2, 0) is 6.42 Å². The van der Waals surface area contributed by atoms with Crippen LogP contribution in [-0.4, -0.2) is 31.9 Å². The van der Waals surface area contributed by atoms with E-state index in [9.17, 15) is 24.8 Å². The van der Waals surface area contributed by atoms with E-state index in [1.807, 2.05) is 0 Å². The Morgan fingerprint density at radius 2 is 2.06 bits per heavy atom. The SMILES string of the molecule is O=C1CCCc2c1nc(O)c([N+](=O)[O-])c2C(=O)O. The first-order chi connectivity index (χ1) is 8.43. The third-order valence-corrected chi connectivity index (χ3v) is 2.75. The first kappa shape index (κ1) is 12.0. The number of Topliss-reactive ketones (excluding diaryl/α,β-unsaturated/α-hetero) is 1. The largest absolute Gasteiger partial charge is 0.488 e. The van der Waals surface area contributed by atoms with E-state index in [-0.39, 0.29) is 24.1 Å². The summed E-state index contributed by atoms with van der Waals surface area (Å²) in [5.41, 5.74) is -1.75. The van der Waals surface area contributed by atoms with Crippen LogP contribution in [0.25, 0.3) is 0 Å². The lowest BCUT2D eigenvalue weighted by Gasteiger charge is -2.16. The van der Waals surface area contributed by atoms with E-state index in [4.69, 9.17) is 5.11 Å². The molecule has 8 nitrogen and oxygen atoms in total. The van der Waals surface area contributed by atoms with E-state index < -0.39 is 33.8 Å². The Bertz CT molecular complexity index is 580. The number of nitro groups is 1. The molecule has 0 amide bonds. The van der Waals surface area contributed by atoms with Crippen LogP contribution >= 0.6 is 0 Å². The molecule has 2 rings (SSSR count). The summed E-state index contributed by atoms with van der Waals surface area (Å²) in [4.78, 5) is 35.9. The van der Waals surface area contributed by atoms with Gasteiger partial charge in [-0.25, -0.2) is 9.78 Å². The van der Waals surface area contributed by atoms with Crippen LogP contribution in [0.5, 0.6) is 5.88 Å². The fraction of sp³-hybridized carbons (Fsp3) is 0.300. The highest BCUT2D eigenvalue weighted by Crippen LogP contribution is 2.35. The lowest BCUT2D eigenvalue weighted by atomic mass is 9.90. The van der Waals surface area contributed by atoms with Crippen molar-refractivity contribution in [1.29, 1.82) is 0 Å². The molecule has 8 heteroatoms. The first-order valence-corrected chi connectivity index (χ1v) is 5.10. The van der Waals surface area contributed by atoms with Crippen molar-refractivity contribution in [3.63, 3.8) is 0 Å². The monoisotopic (exact) mass is 252 g/mol. The van der Waals surface area contributed by atoms with Crippen molar-refractivity contribution in [3.8, 4) is 5.88 Å². The van der Waals surface area contributed by atoms with Gasteiger partial charge in [-0.15, -0.1) is 0 Å². The Labute approximate surface area is 100 Å². The van der Waals surface area contributed by atoms with E-state index in [1.54, 1.807) is 0 Å². The van der Waals surface area contributed by atoms with E-state index in [2.05, 4.69) is 4.98 Å². The third-order valence-electron chi connectivity index (χ3n) is 2.75. The molecule has 0 unspecified atom stereocenters. The van der Waals surface area contributed by atoms with Crippen molar-refractivity contribution in [1.82, 2.24) is 4.98 Å². The standard InChI is InChI=1S/C10H8N2O6/c13-5-3-1-2-4-6(10(15)16)8(12(17)18)9(14)11-7(4)5/h1-3H2,(H,11,14)(H,15,16). The van der Waals surface area contributed by atoms with E-state index >= 15 is 0 Å². The summed E-state index contributed by atoms with van der Waals surface area (Å²) >= 11 is 0. The van der Waals surface area contributed by atoms with Crippen molar-refractivity contribution < 1.29 is 24.7 Å². The number of carbonyl (C=O) groups is 2. The fourth-order valence-corrected chi connectivity index (χ4v) is 2.02. The number of carbonyl (C=O) groups excluding carboxylic acids is 1. The zero-order valence-corrected chi connectivity index (χ0v) is 9.04. The topological polar surface area (TPSA) is 131 Å². The van der Waals surface area contributed by atoms with Crippen LogP contribution in [0.1, 0.15) is 39.3 Å². The minimum atomic E-state index is -1.55. The summed E-state index contributed by atoms with van der Waals surface area (Å²) in [6.45, 7) is 0. The molecule has 0 bridgehead atoms. The lowest BCUT2D eigenvalue weighted by molar-refractivity contribution is -0.386. The lowest BCUT2D eigenvalue weighted by Crippen LogP contribution is -2.19. The van der Waals surface area contributed by atoms with Crippen LogP contribution in [0.3, 0.4) is 0 Å². The zero-order chi connectivity index (χ0) is 13.4. The molecule has 94 valence electrons. The summed E-state index contributed by atoms with van der Waals surface area (Å²) < 4.78 is 0. The number of carboxylic acids is 1. The van der Waals surface area contributed by atoms with Gasteiger partial charge in [-0.2, -0.15) is 0 Å². The highest BCUT2D eigenvalue weighted by Gasteiger charge is 2.35. The predicted molar refractivity (Wildman–Crippen MR) is 56.8 cm³/mol. The van der Waals surface area contributed by atoms with Gasteiger partial charge in [-0.05, 0) is 12.8 Å². The number of carboxylic acid groups (broad SMARTS) is 1. The van der Waals surface area contributed by atoms with Crippen molar-refractivity contribution in [2.45, 2.75) is 19.3 Å². The molecule has 0 aliphatic heterocycles. The van der Waals surface area contributed by atoms with E-state index in [1.165, 1.54) is 0 Å². The summed E-state index contributed by atoms with van der Waals surface area (Å²) in [5.74, 6) is -3.00. The van der Waals surface area contributed by atoms with Gasteiger partial charge in [0.2, 0.25) is 0 Å². The van der Waals surface area contributed by atoms with Crippen LogP contribution in [0.2, 0.25) is 0 Å². The van der Waals surface area contributed by atoms with Crippen molar-refractivity contribution in [2.24, 2.45) is 0 Å². The number of hydrogen-bond donors (Lipinski definition) is 2. The van der Waals surface area contributed by atoms with Gasteiger partial charge < -0.3 is 10.2 Å². The van der Waals surface area contributed by atoms with Gasteiger partial charge in [0.25, 0.3) is 5.88 Å². The second-order valence-electron chi connectivity index (χ2n) is 3.83. The molecular formula is C10H8N2O6. The zero-order valence-electron chi connectivity index (χ0n) is 9.04. The van der Waals surface area contributed by atoms with Crippen LogP contribution < -0.4 is 0 Å². The maximum Gasteiger partial charge on any atom is 0.345 e. The fourth-order valence-electron chi connectivity index (χ4n) is 2.02. The first-order valence-electron chi connectivity index (χ1n) is 5.10. The van der Waals surface area contributed by atoms with Gasteiger partial charge >= 0.3 is 11.7 Å². The molecule has 1 aliphatic rings. The summed E-state index contributed by atoms with van der Waals surface area (Å²) in [6, 6.07) is 0. The highest BCUT2D eigenvalue weighted by atomic mass is 16.6. The molecule has 0 atom stereocenters. The molecule has 0 saturated heterocycles. The molecule has 1 aliphatic carbocycles. The number of fused-ring (bicyclic) bond motifs is 1. The van der Waals surface area contributed by atoms with Crippen LogP contribution in [0.4, 0.5) is 5.69 Å². The molecule has 0 fully saturated rings. The Hall–Kier alpha value is -2.51. The normalized spacial score (nSPS) is 14.1. The second kappa shape index (κ2) is 4.06. The molecule has 0 saturated carbocycles. The number of aromatic nitrogens is 1. The molecule has 0 aromatic carbocycles. The smallest absolute Gasteiger partial charge is 0.345 e.